The first-order valence-electron chi connectivity index (χ1n) is 7.90. The van der Waals surface area contributed by atoms with Gasteiger partial charge >= 0.3 is 0 Å². The summed E-state index contributed by atoms with van der Waals surface area (Å²) < 4.78 is 5.57. The van der Waals surface area contributed by atoms with Crippen molar-refractivity contribution < 1.29 is 4.74 Å². The van der Waals surface area contributed by atoms with E-state index in [4.69, 9.17) is 11.2 Å². The van der Waals surface area contributed by atoms with Crippen LogP contribution in [-0.2, 0) is 6.54 Å². The molecule has 1 aliphatic heterocycles. The summed E-state index contributed by atoms with van der Waals surface area (Å²) in [6, 6.07) is 8.10. The first kappa shape index (κ1) is 15.9. The van der Waals surface area contributed by atoms with Crippen molar-refractivity contribution in [1.82, 2.24) is 10.2 Å². The van der Waals surface area contributed by atoms with E-state index in [2.05, 4.69) is 29.1 Å². The van der Waals surface area contributed by atoms with Gasteiger partial charge in [0.25, 0.3) is 0 Å². The predicted octanol–water partition coefficient (Wildman–Crippen LogP) is 2.52. The Hall–Kier alpha value is -1.50. The molecule has 0 atom stereocenters. The highest BCUT2D eigenvalue weighted by atomic mass is 16.5. The third-order valence-electron chi connectivity index (χ3n) is 4.19. The number of terminal acetylenes is 1. The number of piperidine rings is 1. The molecular formula is C18H26N2O. The van der Waals surface area contributed by atoms with Crippen LogP contribution in [0.2, 0.25) is 0 Å². The monoisotopic (exact) mass is 286 g/mol. The summed E-state index contributed by atoms with van der Waals surface area (Å²) in [4.78, 5) is 2.53. The third kappa shape index (κ3) is 5.08. The molecule has 0 aliphatic carbocycles. The van der Waals surface area contributed by atoms with Crippen LogP contribution in [0.25, 0.3) is 0 Å². The highest BCUT2D eigenvalue weighted by Gasteiger charge is 2.17. The number of nitrogens with one attached hydrogen (secondary N) is 1. The minimum atomic E-state index is 0.326. The summed E-state index contributed by atoms with van der Waals surface area (Å²) in [6.45, 7) is 8.16. The second-order valence-electron chi connectivity index (χ2n) is 5.61. The number of hydrogen-bond acceptors (Lipinski definition) is 3. The number of para-hydroxylation sites is 1. The molecule has 0 aromatic heterocycles. The van der Waals surface area contributed by atoms with E-state index in [0.717, 1.165) is 24.8 Å². The van der Waals surface area contributed by atoms with Gasteiger partial charge in [0.1, 0.15) is 12.4 Å². The Balaban J connectivity index is 1.75. The zero-order valence-corrected chi connectivity index (χ0v) is 13.0. The standard InChI is InChI=1S/C18H26N2O/c1-3-13-21-18-8-6-5-7-17(18)15-19-14-16-9-11-20(4-2)12-10-16/h1,5-8,16,19H,4,9-15H2,2H3. The molecule has 1 aromatic carbocycles. The lowest BCUT2D eigenvalue weighted by Crippen LogP contribution is -2.36. The maximum absolute atomic E-state index is 5.57. The molecule has 1 N–H and O–H groups in total. The van der Waals surface area contributed by atoms with Gasteiger partial charge in [-0.15, -0.1) is 6.42 Å². The Morgan fingerprint density at radius 2 is 2.10 bits per heavy atom. The van der Waals surface area contributed by atoms with Crippen molar-refractivity contribution in [2.45, 2.75) is 26.3 Å². The highest BCUT2D eigenvalue weighted by molar-refractivity contribution is 5.33. The number of likely N-dealkylation sites (tertiary alicyclic amines) is 1. The van der Waals surface area contributed by atoms with Gasteiger partial charge in [-0.1, -0.05) is 31.0 Å². The maximum atomic E-state index is 5.57. The quantitative estimate of drug-likeness (QED) is 0.780. The van der Waals surface area contributed by atoms with Crippen LogP contribution in [0.4, 0.5) is 0 Å². The van der Waals surface area contributed by atoms with Crippen LogP contribution >= 0.6 is 0 Å². The van der Waals surface area contributed by atoms with Crippen molar-refractivity contribution in [2.24, 2.45) is 5.92 Å². The lowest BCUT2D eigenvalue weighted by atomic mass is 9.97. The van der Waals surface area contributed by atoms with Gasteiger partial charge in [-0.2, -0.15) is 0 Å². The number of nitrogens with zero attached hydrogens (tertiary/aromatic N) is 1. The minimum Gasteiger partial charge on any atom is -0.481 e. The Morgan fingerprint density at radius 1 is 1.33 bits per heavy atom. The normalized spacial score (nSPS) is 16.6. The highest BCUT2D eigenvalue weighted by Crippen LogP contribution is 2.19. The van der Waals surface area contributed by atoms with Gasteiger partial charge in [0.05, 0.1) is 0 Å². The molecule has 0 radical (unpaired) electrons. The molecule has 114 valence electrons. The predicted molar refractivity (Wildman–Crippen MR) is 87.3 cm³/mol. The molecule has 2 rings (SSSR count). The van der Waals surface area contributed by atoms with E-state index in [-0.39, 0.29) is 0 Å². The third-order valence-corrected chi connectivity index (χ3v) is 4.19. The van der Waals surface area contributed by atoms with E-state index in [1.807, 2.05) is 18.2 Å². The number of rotatable bonds is 7. The minimum absolute atomic E-state index is 0.326. The van der Waals surface area contributed by atoms with Gasteiger partial charge < -0.3 is 15.0 Å². The summed E-state index contributed by atoms with van der Waals surface area (Å²) in [7, 11) is 0. The molecule has 21 heavy (non-hydrogen) atoms. The maximum Gasteiger partial charge on any atom is 0.148 e. The zero-order valence-electron chi connectivity index (χ0n) is 13.0. The molecule has 0 saturated carbocycles. The van der Waals surface area contributed by atoms with E-state index < -0.39 is 0 Å². The molecule has 1 fully saturated rings. The van der Waals surface area contributed by atoms with Crippen LogP contribution in [0.3, 0.4) is 0 Å². The molecule has 1 heterocycles. The fourth-order valence-electron chi connectivity index (χ4n) is 2.83. The molecule has 1 aromatic rings. The van der Waals surface area contributed by atoms with E-state index in [1.54, 1.807) is 0 Å². The van der Waals surface area contributed by atoms with Crippen LogP contribution in [0.1, 0.15) is 25.3 Å². The van der Waals surface area contributed by atoms with E-state index in [9.17, 15) is 0 Å². The summed E-state index contributed by atoms with van der Waals surface area (Å²) in [6.07, 6.45) is 7.86. The molecule has 0 unspecified atom stereocenters. The van der Waals surface area contributed by atoms with Gasteiger partial charge in [-0.3, -0.25) is 0 Å². The van der Waals surface area contributed by atoms with Crippen molar-refractivity contribution in [3.05, 3.63) is 29.8 Å². The van der Waals surface area contributed by atoms with Crippen LogP contribution in [-0.4, -0.2) is 37.7 Å². The molecular weight excluding hydrogens is 260 g/mol. The lowest BCUT2D eigenvalue weighted by molar-refractivity contribution is 0.190. The topological polar surface area (TPSA) is 24.5 Å². The van der Waals surface area contributed by atoms with Crippen LogP contribution < -0.4 is 10.1 Å². The zero-order chi connectivity index (χ0) is 14.9. The largest absolute Gasteiger partial charge is 0.481 e. The van der Waals surface area contributed by atoms with Crippen LogP contribution in [0.15, 0.2) is 24.3 Å². The Kier molecular flexibility index (Phi) is 6.59. The molecule has 3 heteroatoms. The van der Waals surface area contributed by atoms with Crippen LogP contribution in [0, 0.1) is 18.3 Å². The Bertz CT molecular complexity index is 459. The van der Waals surface area contributed by atoms with Crippen molar-refractivity contribution >= 4 is 0 Å². The molecule has 0 spiro atoms. The summed E-state index contributed by atoms with van der Waals surface area (Å²) in [5, 5.41) is 3.57. The van der Waals surface area contributed by atoms with Crippen molar-refractivity contribution in [1.29, 1.82) is 0 Å². The average molecular weight is 286 g/mol. The molecule has 0 amide bonds. The van der Waals surface area contributed by atoms with Crippen molar-refractivity contribution in [3.8, 4) is 18.1 Å². The Morgan fingerprint density at radius 3 is 2.81 bits per heavy atom. The molecule has 3 nitrogen and oxygen atoms in total. The lowest BCUT2D eigenvalue weighted by Gasteiger charge is -2.31. The average Bonchev–Trinajstić information content (AvgIpc) is 2.54. The number of hydrogen-bond donors (Lipinski definition) is 1. The smallest absolute Gasteiger partial charge is 0.148 e. The van der Waals surface area contributed by atoms with Crippen LogP contribution in [0.5, 0.6) is 5.75 Å². The number of benzene rings is 1. The molecule has 0 bridgehead atoms. The van der Waals surface area contributed by atoms with Gasteiger partial charge in [-0.25, -0.2) is 0 Å². The summed E-state index contributed by atoms with van der Waals surface area (Å²) in [5.41, 5.74) is 1.18. The van der Waals surface area contributed by atoms with Gasteiger partial charge in [0.2, 0.25) is 0 Å². The van der Waals surface area contributed by atoms with Gasteiger partial charge in [0, 0.05) is 12.1 Å². The van der Waals surface area contributed by atoms with Gasteiger partial charge in [-0.05, 0) is 51.0 Å². The second-order valence-corrected chi connectivity index (χ2v) is 5.61. The molecule has 1 saturated heterocycles. The van der Waals surface area contributed by atoms with E-state index in [1.165, 1.54) is 38.0 Å². The first-order chi connectivity index (χ1) is 10.3. The summed E-state index contributed by atoms with van der Waals surface area (Å²) >= 11 is 0. The fourth-order valence-corrected chi connectivity index (χ4v) is 2.83. The van der Waals surface area contributed by atoms with Crippen molar-refractivity contribution in [3.63, 3.8) is 0 Å². The first-order valence-corrected chi connectivity index (χ1v) is 7.90. The van der Waals surface area contributed by atoms with E-state index in [0.29, 0.717) is 6.61 Å². The number of ether oxygens (including phenoxy) is 1. The van der Waals surface area contributed by atoms with Crippen molar-refractivity contribution in [2.75, 3.05) is 32.8 Å². The molecule has 1 aliphatic rings. The Labute approximate surface area is 128 Å². The SMILES string of the molecule is C#CCOc1ccccc1CNCC1CCN(CC)CC1. The van der Waals surface area contributed by atoms with E-state index >= 15 is 0 Å². The van der Waals surface area contributed by atoms with Gasteiger partial charge in [0.15, 0.2) is 0 Å². The second kappa shape index (κ2) is 8.71. The fraction of sp³-hybridized carbons (Fsp3) is 0.556. The summed E-state index contributed by atoms with van der Waals surface area (Å²) in [5.74, 6) is 4.20.